The molecule has 4 heteroatoms. The molecule has 1 fully saturated rings. The van der Waals surface area contributed by atoms with Crippen molar-refractivity contribution in [3.8, 4) is 5.75 Å². The zero-order valence-corrected chi connectivity index (χ0v) is 10.2. The summed E-state index contributed by atoms with van der Waals surface area (Å²) in [7, 11) is 1.39. The maximum Gasteiger partial charge on any atom is 0.494 e. The van der Waals surface area contributed by atoms with Crippen LogP contribution in [0.15, 0.2) is 24.3 Å². The van der Waals surface area contributed by atoms with E-state index in [2.05, 4.69) is 0 Å². The van der Waals surface area contributed by atoms with Crippen LogP contribution in [0.2, 0.25) is 0 Å². The minimum atomic E-state index is -0.268. The van der Waals surface area contributed by atoms with Gasteiger partial charge in [-0.2, -0.15) is 0 Å². The Morgan fingerprint density at radius 1 is 1.25 bits per heavy atom. The molecule has 0 spiro atoms. The third kappa shape index (κ3) is 2.08. The summed E-state index contributed by atoms with van der Waals surface area (Å²) in [5.74, 6) is 0.842. The highest BCUT2D eigenvalue weighted by Gasteiger charge is 2.43. The lowest BCUT2D eigenvalue weighted by molar-refractivity contribution is 0.0842. The maximum atomic E-state index is 5.86. The van der Waals surface area contributed by atoms with E-state index in [0.717, 1.165) is 11.2 Å². The first kappa shape index (κ1) is 11.5. The highest BCUT2D eigenvalue weighted by atomic mass is 16.7. The van der Waals surface area contributed by atoms with Crippen molar-refractivity contribution in [2.24, 2.45) is 0 Å². The third-order valence-electron chi connectivity index (χ3n) is 3.11. The van der Waals surface area contributed by atoms with Crippen molar-refractivity contribution in [2.75, 3.05) is 7.11 Å². The Labute approximate surface area is 96.8 Å². The van der Waals surface area contributed by atoms with E-state index < -0.39 is 0 Å². The van der Waals surface area contributed by atoms with Crippen molar-refractivity contribution in [3.63, 3.8) is 0 Å². The van der Waals surface area contributed by atoms with Crippen LogP contribution in [0.3, 0.4) is 0 Å². The van der Waals surface area contributed by atoms with E-state index >= 15 is 0 Å². The topological polar surface area (TPSA) is 27.7 Å². The molecule has 86 valence electrons. The molecule has 0 aliphatic carbocycles. The Bertz CT molecular complexity index is 361. The zero-order valence-electron chi connectivity index (χ0n) is 10.2. The lowest BCUT2D eigenvalue weighted by atomic mass is 9.79. The average Bonchev–Trinajstić information content (AvgIpc) is 2.54. The van der Waals surface area contributed by atoms with Gasteiger partial charge in [0.05, 0.1) is 18.8 Å². The first-order valence-corrected chi connectivity index (χ1v) is 5.50. The van der Waals surface area contributed by atoms with Gasteiger partial charge >= 0.3 is 7.12 Å². The monoisotopic (exact) mass is 220 g/mol. The number of benzene rings is 1. The maximum absolute atomic E-state index is 5.86. The Hall–Kier alpha value is -0.995. The summed E-state index contributed by atoms with van der Waals surface area (Å²) in [6.07, 6.45) is 0.0969. The standard InChI is InChI=1S/C12H17BO3/c1-9-12(2,3)16-13(15-9)10-5-7-11(14-4)8-6-10/h5-9H,1-4H3. The Morgan fingerprint density at radius 2 is 1.88 bits per heavy atom. The van der Waals surface area contributed by atoms with Gasteiger partial charge in [0, 0.05) is 0 Å². The van der Waals surface area contributed by atoms with Gasteiger partial charge < -0.3 is 14.0 Å². The van der Waals surface area contributed by atoms with Crippen LogP contribution in [-0.4, -0.2) is 25.9 Å². The molecule has 0 saturated carbocycles. The van der Waals surface area contributed by atoms with Crippen molar-refractivity contribution >= 4 is 12.6 Å². The van der Waals surface area contributed by atoms with E-state index in [1.165, 1.54) is 0 Å². The molecule has 1 aromatic carbocycles. The van der Waals surface area contributed by atoms with Crippen LogP contribution in [0.5, 0.6) is 5.75 Å². The van der Waals surface area contributed by atoms with Crippen LogP contribution in [0, 0.1) is 0 Å². The molecule has 0 bridgehead atoms. The minimum Gasteiger partial charge on any atom is -0.497 e. The second kappa shape index (κ2) is 4.11. The summed E-state index contributed by atoms with van der Waals surface area (Å²) >= 11 is 0. The van der Waals surface area contributed by atoms with Crippen molar-refractivity contribution in [2.45, 2.75) is 32.5 Å². The molecular weight excluding hydrogens is 203 g/mol. The normalized spacial score (nSPS) is 23.5. The molecule has 1 aliphatic heterocycles. The van der Waals surface area contributed by atoms with Gasteiger partial charge in [0.15, 0.2) is 0 Å². The fourth-order valence-electron chi connectivity index (χ4n) is 1.66. The van der Waals surface area contributed by atoms with Crippen molar-refractivity contribution < 1.29 is 14.0 Å². The third-order valence-corrected chi connectivity index (χ3v) is 3.11. The van der Waals surface area contributed by atoms with E-state index in [1.54, 1.807) is 7.11 Å². The molecule has 16 heavy (non-hydrogen) atoms. The van der Waals surface area contributed by atoms with Gasteiger partial charge in [0.25, 0.3) is 0 Å². The predicted octanol–water partition coefficient (Wildman–Crippen LogP) is 1.60. The van der Waals surface area contributed by atoms with Crippen LogP contribution < -0.4 is 10.2 Å². The van der Waals surface area contributed by atoms with Crippen molar-refractivity contribution in [1.82, 2.24) is 0 Å². The SMILES string of the molecule is COc1ccc(B2OC(C)C(C)(C)O2)cc1. The fourth-order valence-corrected chi connectivity index (χ4v) is 1.66. The summed E-state index contributed by atoms with van der Waals surface area (Å²) in [6.45, 7) is 6.12. The van der Waals surface area contributed by atoms with Crippen LogP contribution in [-0.2, 0) is 9.31 Å². The molecule has 3 nitrogen and oxygen atoms in total. The van der Waals surface area contributed by atoms with Crippen molar-refractivity contribution in [3.05, 3.63) is 24.3 Å². The minimum absolute atomic E-state index is 0.0969. The van der Waals surface area contributed by atoms with Gasteiger partial charge in [0.1, 0.15) is 5.75 Å². The predicted molar refractivity (Wildman–Crippen MR) is 64.1 cm³/mol. The summed E-state index contributed by atoms with van der Waals surface area (Å²) in [5, 5.41) is 0. The van der Waals surface area contributed by atoms with Crippen LogP contribution in [0.25, 0.3) is 0 Å². The lowest BCUT2D eigenvalue weighted by Gasteiger charge is -2.21. The molecule has 1 aliphatic rings. The summed E-state index contributed by atoms with van der Waals surface area (Å²) in [5.41, 5.74) is 0.795. The molecule has 0 amide bonds. The molecule has 1 unspecified atom stereocenters. The van der Waals surface area contributed by atoms with Gasteiger partial charge in [-0.15, -0.1) is 0 Å². The number of methoxy groups -OCH3 is 1. The van der Waals surface area contributed by atoms with E-state index in [4.69, 9.17) is 14.0 Å². The summed E-state index contributed by atoms with van der Waals surface area (Å²) in [6, 6.07) is 7.77. The van der Waals surface area contributed by atoms with E-state index in [1.807, 2.05) is 45.0 Å². The number of hydrogen-bond donors (Lipinski definition) is 0. The first-order valence-electron chi connectivity index (χ1n) is 5.50. The number of rotatable bonds is 2. The molecule has 0 N–H and O–H groups in total. The smallest absolute Gasteiger partial charge is 0.494 e. The Morgan fingerprint density at radius 3 is 2.31 bits per heavy atom. The highest BCUT2D eigenvalue weighted by molar-refractivity contribution is 6.62. The zero-order chi connectivity index (χ0) is 11.8. The van der Waals surface area contributed by atoms with Crippen molar-refractivity contribution in [1.29, 1.82) is 0 Å². The molecule has 1 aromatic rings. The first-order chi connectivity index (χ1) is 7.53. The van der Waals surface area contributed by atoms with Gasteiger partial charge in [-0.3, -0.25) is 0 Å². The highest BCUT2D eigenvalue weighted by Crippen LogP contribution is 2.26. The van der Waals surface area contributed by atoms with E-state index in [0.29, 0.717) is 0 Å². The van der Waals surface area contributed by atoms with Crippen LogP contribution in [0.1, 0.15) is 20.8 Å². The Balaban J connectivity index is 2.14. The van der Waals surface area contributed by atoms with Gasteiger partial charge in [-0.25, -0.2) is 0 Å². The molecular formula is C12H17BO3. The second-order valence-electron chi connectivity index (χ2n) is 4.60. The molecule has 0 radical (unpaired) electrons. The Kier molecular flexibility index (Phi) is 2.95. The number of hydrogen-bond acceptors (Lipinski definition) is 3. The van der Waals surface area contributed by atoms with E-state index in [-0.39, 0.29) is 18.8 Å². The molecule has 1 atom stereocenters. The summed E-state index contributed by atoms with van der Waals surface area (Å²) in [4.78, 5) is 0. The van der Waals surface area contributed by atoms with Gasteiger partial charge in [0.2, 0.25) is 0 Å². The largest absolute Gasteiger partial charge is 0.497 e. The second-order valence-corrected chi connectivity index (χ2v) is 4.60. The average molecular weight is 220 g/mol. The summed E-state index contributed by atoms with van der Waals surface area (Å²) < 4.78 is 16.7. The molecule has 2 rings (SSSR count). The van der Waals surface area contributed by atoms with Gasteiger partial charge in [-0.1, -0.05) is 12.1 Å². The van der Waals surface area contributed by atoms with E-state index in [9.17, 15) is 0 Å². The van der Waals surface area contributed by atoms with Crippen LogP contribution >= 0.6 is 0 Å². The molecule has 1 saturated heterocycles. The fraction of sp³-hybridized carbons (Fsp3) is 0.500. The van der Waals surface area contributed by atoms with Crippen LogP contribution in [0.4, 0.5) is 0 Å². The van der Waals surface area contributed by atoms with Gasteiger partial charge in [-0.05, 0) is 38.4 Å². The number of ether oxygens (including phenoxy) is 1. The lowest BCUT2D eigenvalue weighted by Crippen LogP contribution is -2.34. The molecule has 0 aromatic heterocycles. The molecule has 1 heterocycles. The quantitative estimate of drug-likeness (QED) is 0.708.